The van der Waals surface area contributed by atoms with Gasteiger partial charge in [0.2, 0.25) is 0 Å². The van der Waals surface area contributed by atoms with Crippen LogP contribution in [-0.2, 0) is 0 Å². The molecule has 0 amide bonds. The van der Waals surface area contributed by atoms with Gasteiger partial charge in [0.25, 0.3) is 0 Å². The SMILES string of the molecule is CC1CC(NCCCCO)CN1C1CC1. The maximum atomic E-state index is 8.69. The molecule has 1 saturated heterocycles. The molecule has 0 aromatic carbocycles. The van der Waals surface area contributed by atoms with Crippen molar-refractivity contribution in [3.05, 3.63) is 0 Å². The molecule has 3 nitrogen and oxygen atoms in total. The van der Waals surface area contributed by atoms with Gasteiger partial charge in [-0.25, -0.2) is 0 Å². The molecule has 1 heterocycles. The van der Waals surface area contributed by atoms with Crippen molar-refractivity contribution in [1.29, 1.82) is 0 Å². The zero-order valence-electron chi connectivity index (χ0n) is 9.78. The van der Waals surface area contributed by atoms with Crippen LogP contribution in [0.3, 0.4) is 0 Å². The Labute approximate surface area is 92.8 Å². The fourth-order valence-electron chi connectivity index (χ4n) is 2.66. The lowest BCUT2D eigenvalue weighted by Gasteiger charge is -2.19. The summed E-state index contributed by atoms with van der Waals surface area (Å²) in [5, 5.41) is 12.3. The lowest BCUT2D eigenvalue weighted by Crippen LogP contribution is -2.34. The Hall–Kier alpha value is -0.120. The number of nitrogens with zero attached hydrogens (tertiary/aromatic N) is 1. The molecule has 2 unspecified atom stereocenters. The Morgan fingerprint density at radius 3 is 2.80 bits per heavy atom. The maximum Gasteiger partial charge on any atom is 0.0431 e. The Kier molecular flexibility index (Phi) is 4.00. The van der Waals surface area contributed by atoms with E-state index in [1.54, 1.807) is 0 Å². The summed E-state index contributed by atoms with van der Waals surface area (Å²) in [6.07, 6.45) is 6.17. The number of aliphatic hydroxyl groups excluding tert-OH is 1. The van der Waals surface area contributed by atoms with Crippen LogP contribution in [0.2, 0.25) is 0 Å². The summed E-state index contributed by atoms with van der Waals surface area (Å²) in [5.41, 5.74) is 0. The lowest BCUT2D eigenvalue weighted by molar-refractivity contribution is 0.254. The first-order valence-corrected chi connectivity index (χ1v) is 6.41. The van der Waals surface area contributed by atoms with Gasteiger partial charge in [-0.3, -0.25) is 4.90 Å². The molecule has 0 spiro atoms. The van der Waals surface area contributed by atoms with E-state index in [9.17, 15) is 0 Å². The highest BCUT2D eigenvalue weighted by molar-refractivity contribution is 4.95. The second kappa shape index (κ2) is 5.28. The molecular weight excluding hydrogens is 188 g/mol. The molecule has 2 N–H and O–H groups in total. The van der Waals surface area contributed by atoms with Crippen LogP contribution in [-0.4, -0.2) is 47.8 Å². The van der Waals surface area contributed by atoms with Gasteiger partial charge in [-0.1, -0.05) is 0 Å². The Balaban J connectivity index is 1.63. The van der Waals surface area contributed by atoms with Crippen molar-refractivity contribution in [2.45, 2.75) is 57.2 Å². The molecule has 2 rings (SSSR count). The van der Waals surface area contributed by atoms with Crippen LogP contribution in [0.15, 0.2) is 0 Å². The van der Waals surface area contributed by atoms with Crippen molar-refractivity contribution in [1.82, 2.24) is 10.2 Å². The van der Waals surface area contributed by atoms with Crippen molar-refractivity contribution < 1.29 is 5.11 Å². The summed E-state index contributed by atoms with van der Waals surface area (Å²) >= 11 is 0. The Morgan fingerprint density at radius 2 is 2.13 bits per heavy atom. The summed E-state index contributed by atoms with van der Waals surface area (Å²) in [4.78, 5) is 2.67. The lowest BCUT2D eigenvalue weighted by atomic mass is 10.2. The Bertz CT molecular complexity index is 194. The minimum absolute atomic E-state index is 0.330. The molecule has 3 heteroatoms. The summed E-state index contributed by atoms with van der Waals surface area (Å²) in [7, 11) is 0. The van der Waals surface area contributed by atoms with E-state index in [0.717, 1.165) is 31.5 Å². The second-order valence-electron chi connectivity index (χ2n) is 5.09. The largest absolute Gasteiger partial charge is 0.396 e. The van der Waals surface area contributed by atoms with Gasteiger partial charge in [-0.15, -0.1) is 0 Å². The number of likely N-dealkylation sites (tertiary alicyclic amines) is 1. The number of aliphatic hydroxyl groups is 1. The first-order chi connectivity index (χ1) is 7.31. The third-order valence-electron chi connectivity index (χ3n) is 3.66. The predicted octanol–water partition coefficient (Wildman–Crippen LogP) is 0.974. The van der Waals surface area contributed by atoms with Crippen molar-refractivity contribution in [2.75, 3.05) is 19.7 Å². The Morgan fingerprint density at radius 1 is 1.33 bits per heavy atom. The molecule has 2 fully saturated rings. The number of nitrogens with one attached hydrogen (secondary N) is 1. The van der Waals surface area contributed by atoms with Crippen molar-refractivity contribution >= 4 is 0 Å². The molecule has 1 aliphatic carbocycles. The van der Waals surface area contributed by atoms with E-state index in [0.29, 0.717) is 12.6 Å². The average Bonchev–Trinajstić information content (AvgIpc) is 2.99. The molecule has 2 atom stereocenters. The van der Waals surface area contributed by atoms with E-state index in [2.05, 4.69) is 17.1 Å². The maximum absolute atomic E-state index is 8.69. The number of hydrogen-bond donors (Lipinski definition) is 2. The normalized spacial score (nSPS) is 32.4. The van der Waals surface area contributed by atoms with E-state index >= 15 is 0 Å². The second-order valence-corrected chi connectivity index (χ2v) is 5.09. The van der Waals surface area contributed by atoms with Crippen LogP contribution in [0.5, 0.6) is 0 Å². The molecule has 0 bridgehead atoms. The smallest absolute Gasteiger partial charge is 0.0431 e. The summed E-state index contributed by atoms with van der Waals surface area (Å²) in [6, 6.07) is 2.37. The van der Waals surface area contributed by atoms with Gasteiger partial charge in [0, 0.05) is 31.3 Å². The average molecular weight is 212 g/mol. The van der Waals surface area contributed by atoms with Gasteiger partial charge in [0.15, 0.2) is 0 Å². The van der Waals surface area contributed by atoms with E-state index in [1.165, 1.54) is 25.8 Å². The molecule has 1 saturated carbocycles. The summed E-state index contributed by atoms with van der Waals surface area (Å²) < 4.78 is 0. The minimum atomic E-state index is 0.330. The van der Waals surface area contributed by atoms with Gasteiger partial charge in [0.05, 0.1) is 0 Å². The summed E-state index contributed by atoms with van der Waals surface area (Å²) in [6.45, 7) is 4.99. The van der Waals surface area contributed by atoms with Crippen LogP contribution in [0, 0.1) is 0 Å². The van der Waals surface area contributed by atoms with Crippen LogP contribution < -0.4 is 5.32 Å². The summed E-state index contributed by atoms with van der Waals surface area (Å²) in [5.74, 6) is 0. The van der Waals surface area contributed by atoms with Gasteiger partial charge in [-0.05, 0) is 45.6 Å². The predicted molar refractivity (Wildman–Crippen MR) is 61.9 cm³/mol. The molecule has 0 radical (unpaired) electrons. The fourth-order valence-corrected chi connectivity index (χ4v) is 2.66. The van der Waals surface area contributed by atoms with Gasteiger partial charge in [-0.2, -0.15) is 0 Å². The molecule has 88 valence electrons. The molecule has 0 aromatic rings. The zero-order valence-corrected chi connectivity index (χ0v) is 9.78. The van der Waals surface area contributed by atoms with Gasteiger partial charge in [0.1, 0.15) is 0 Å². The first kappa shape index (κ1) is 11.4. The van der Waals surface area contributed by atoms with Crippen molar-refractivity contribution in [3.8, 4) is 0 Å². The third-order valence-corrected chi connectivity index (χ3v) is 3.66. The first-order valence-electron chi connectivity index (χ1n) is 6.41. The molecule has 1 aliphatic heterocycles. The highest BCUT2D eigenvalue weighted by atomic mass is 16.2. The van der Waals surface area contributed by atoms with E-state index < -0.39 is 0 Å². The van der Waals surface area contributed by atoms with Crippen LogP contribution in [0.25, 0.3) is 0 Å². The standard InChI is InChI=1S/C12H24N2O/c1-10-8-11(13-6-2-3-7-15)9-14(10)12-4-5-12/h10-13,15H,2-9H2,1H3. The molecule has 0 aromatic heterocycles. The topological polar surface area (TPSA) is 35.5 Å². The zero-order chi connectivity index (χ0) is 10.7. The number of hydrogen-bond acceptors (Lipinski definition) is 3. The van der Waals surface area contributed by atoms with Crippen LogP contribution in [0.1, 0.15) is 39.0 Å². The molecular formula is C12H24N2O. The highest BCUT2D eigenvalue weighted by Crippen LogP contribution is 2.33. The third kappa shape index (κ3) is 3.16. The van der Waals surface area contributed by atoms with Gasteiger partial charge < -0.3 is 10.4 Å². The van der Waals surface area contributed by atoms with Crippen molar-refractivity contribution in [2.24, 2.45) is 0 Å². The van der Waals surface area contributed by atoms with E-state index in [-0.39, 0.29) is 0 Å². The molecule has 15 heavy (non-hydrogen) atoms. The van der Waals surface area contributed by atoms with Crippen LogP contribution >= 0.6 is 0 Å². The fraction of sp³-hybridized carbons (Fsp3) is 1.00. The van der Waals surface area contributed by atoms with E-state index in [1.807, 2.05) is 0 Å². The highest BCUT2D eigenvalue weighted by Gasteiger charge is 2.38. The monoisotopic (exact) mass is 212 g/mol. The van der Waals surface area contributed by atoms with Crippen molar-refractivity contribution in [3.63, 3.8) is 0 Å². The van der Waals surface area contributed by atoms with E-state index in [4.69, 9.17) is 5.11 Å². The van der Waals surface area contributed by atoms with Crippen LogP contribution in [0.4, 0.5) is 0 Å². The quantitative estimate of drug-likeness (QED) is 0.644. The number of rotatable bonds is 6. The minimum Gasteiger partial charge on any atom is -0.396 e. The number of unbranched alkanes of at least 4 members (excludes halogenated alkanes) is 1. The molecule has 2 aliphatic rings. The van der Waals surface area contributed by atoms with Gasteiger partial charge >= 0.3 is 0 Å².